The summed E-state index contributed by atoms with van der Waals surface area (Å²) in [6.45, 7) is 4.80. The Morgan fingerprint density at radius 1 is 1.00 bits per heavy atom. The molecule has 0 aliphatic rings. The zero-order valence-corrected chi connectivity index (χ0v) is 13.6. The summed E-state index contributed by atoms with van der Waals surface area (Å²) in [6.07, 6.45) is -0.984. The summed E-state index contributed by atoms with van der Waals surface area (Å²) in [5, 5.41) is 0. The number of nitrogens with one attached hydrogen (secondary N) is 1. The fourth-order valence-corrected chi connectivity index (χ4v) is 1.72. The van der Waals surface area contributed by atoms with Crippen LogP contribution in [-0.4, -0.2) is 42.5 Å². The van der Waals surface area contributed by atoms with E-state index in [1.165, 1.54) is 0 Å². The van der Waals surface area contributed by atoms with Crippen molar-refractivity contribution in [2.45, 2.75) is 20.8 Å². The molecule has 1 aromatic rings. The number of rotatable bonds is 6. The Balaban J connectivity index is 3.48. The van der Waals surface area contributed by atoms with Crippen LogP contribution in [0, 0.1) is 0 Å². The normalized spacial score (nSPS) is 9.96. The van der Waals surface area contributed by atoms with E-state index in [1.54, 1.807) is 20.8 Å². The molecule has 24 heavy (non-hydrogen) atoms. The topological polar surface area (TPSA) is 139 Å². The van der Waals surface area contributed by atoms with E-state index in [-0.39, 0.29) is 25.4 Å². The Bertz CT molecular complexity index is 696. The lowest BCUT2D eigenvalue weighted by molar-refractivity contribution is 0.0522. The fraction of sp³-hybridized carbons (Fsp3) is 0.429. The Kier molecular flexibility index (Phi) is 6.78. The molecule has 1 aromatic heterocycles. The van der Waals surface area contributed by atoms with Gasteiger partial charge >= 0.3 is 18.0 Å². The monoisotopic (exact) mass is 341 g/mol. The van der Waals surface area contributed by atoms with Crippen LogP contribution in [0.3, 0.4) is 0 Å². The van der Waals surface area contributed by atoms with Gasteiger partial charge < -0.3 is 19.9 Å². The average molecular weight is 341 g/mol. The van der Waals surface area contributed by atoms with Gasteiger partial charge in [-0.2, -0.15) is 4.68 Å². The van der Waals surface area contributed by atoms with Crippen molar-refractivity contribution in [1.29, 1.82) is 0 Å². The molecular formula is C14H19N3O7. The van der Waals surface area contributed by atoms with E-state index >= 15 is 0 Å². The van der Waals surface area contributed by atoms with Crippen LogP contribution in [0.15, 0.2) is 10.9 Å². The van der Waals surface area contributed by atoms with Crippen molar-refractivity contribution in [3.63, 3.8) is 0 Å². The van der Waals surface area contributed by atoms with Gasteiger partial charge in [-0.1, -0.05) is 0 Å². The van der Waals surface area contributed by atoms with Crippen LogP contribution in [0.1, 0.15) is 41.5 Å². The molecule has 10 nitrogen and oxygen atoms in total. The van der Waals surface area contributed by atoms with Crippen LogP contribution in [0.4, 0.5) is 10.6 Å². The molecule has 1 amide bonds. The van der Waals surface area contributed by atoms with E-state index < -0.39 is 35.0 Å². The second-order valence-electron chi connectivity index (χ2n) is 4.27. The molecule has 0 atom stereocenters. The van der Waals surface area contributed by atoms with E-state index in [2.05, 4.69) is 10.2 Å². The summed E-state index contributed by atoms with van der Waals surface area (Å²) in [5.41, 5.74) is 6.09. The van der Waals surface area contributed by atoms with Gasteiger partial charge in [-0.25, -0.2) is 19.8 Å². The molecule has 0 spiro atoms. The van der Waals surface area contributed by atoms with Crippen molar-refractivity contribution in [1.82, 2.24) is 4.68 Å². The molecule has 1 rings (SSSR count). The molecule has 0 aliphatic heterocycles. The second-order valence-corrected chi connectivity index (χ2v) is 4.27. The SMILES string of the molecule is CCOC(=O)Nn1c(N)c(C(=O)OCC)cc(C(=O)OCC)c1=O. The summed E-state index contributed by atoms with van der Waals surface area (Å²) in [5.74, 6) is -2.23. The number of carbonyl (C=O) groups is 3. The van der Waals surface area contributed by atoms with Gasteiger partial charge in [0.25, 0.3) is 5.56 Å². The summed E-state index contributed by atoms with van der Waals surface area (Å²) >= 11 is 0. The number of esters is 2. The minimum absolute atomic E-state index is 0.0166. The van der Waals surface area contributed by atoms with Crippen molar-refractivity contribution in [2.24, 2.45) is 0 Å². The predicted octanol–water partition coefficient (Wildman–Crippen LogP) is 0.484. The number of nitrogens with two attached hydrogens (primary N) is 1. The largest absolute Gasteiger partial charge is 0.462 e. The first kappa shape index (κ1) is 19.0. The quantitative estimate of drug-likeness (QED) is 0.563. The van der Waals surface area contributed by atoms with E-state index in [9.17, 15) is 19.2 Å². The summed E-state index contributed by atoms with van der Waals surface area (Å²) in [7, 11) is 0. The molecule has 1 heterocycles. The Labute approximate surface area is 137 Å². The standard InChI is InChI=1S/C14H19N3O7/c1-4-22-12(19)8-7-9(13(20)23-5-2)11(18)17(10(8)15)16-14(21)24-6-3/h7H,4-6,15H2,1-3H3,(H,16,21). The van der Waals surface area contributed by atoms with Crippen molar-refractivity contribution >= 4 is 23.8 Å². The van der Waals surface area contributed by atoms with Gasteiger partial charge in [-0.15, -0.1) is 0 Å². The third-order valence-corrected chi connectivity index (χ3v) is 2.71. The molecule has 10 heteroatoms. The van der Waals surface area contributed by atoms with E-state index in [0.29, 0.717) is 4.68 Å². The summed E-state index contributed by atoms with van der Waals surface area (Å²) in [4.78, 5) is 47.7. The Hall–Kier alpha value is -3.04. The Morgan fingerprint density at radius 3 is 2.00 bits per heavy atom. The third-order valence-electron chi connectivity index (χ3n) is 2.71. The lowest BCUT2D eigenvalue weighted by Gasteiger charge is -2.15. The number of carbonyl (C=O) groups excluding carboxylic acids is 3. The third kappa shape index (κ3) is 4.24. The number of hydrogen-bond acceptors (Lipinski definition) is 8. The zero-order valence-electron chi connectivity index (χ0n) is 13.6. The molecule has 0 fully saturated rings. The molecule has 0 saturated heterocycles. The average Bonchev–Trinajstić information content (AvgIpc) is 2.52. The van der Waals surface area contributed by atoms with Crippen LogP contribution in [0.25, 0.3) is 0 Å². The molecular weight excluding hydrogens is 322 g/mol. The fourth-order valence-electron chi connectivity index (χ4n) is 1.72. The molecule has 3 N–H and O–H groups in total. The van der Waals surface area contributed by atoms with Crippen LogP contribution in [-0.2, 0) is 14.2 Å². The Morgan fingerprint density at radius 2 is 1.50 bits per heavy atom. The zero-order chi connectivity index (χ0) is 18.3. The molecule has 0 unspecified atom stereocenters. The maximum Gasteiger partial charge on any atom is 0.426 e. The van der Waals surface area contributed by atoms with Crippen molar-refractivity contribution in [2.75, 3.05) is 31.0 Å². The van der Waals surface area contributed by atoms with Crippen molar-refractivity contribution in [3.05, 3.63) is 27.5 Å². The number of hydrogen-bond donors (Lipinski definition) is 2. The number of anilines is 1. The minimum atomic E-state index is -0.984. The number of pyridine rings is 1. The van der Waals surface area contributed by atoms with Gasteiger partial charge in [-0.3, -0.25) is 4.79 Å². The smallest absolute Gasteiger partial charge is 0.426 e. The summed E-state index contributed by atoms with van der Waals surface area (Å²) in [6, 6.07) is 0.969. The first-order chi connectivity index (χ1) is 11.4. The lowest BCUT2D eigenvalue weighted by atomic mass is 10.2. The van der Waals surface area contributed by atoms with Gasteiger partial charge in [0.2, 0.25) is 0 Å². The first-order valence-electron chi connectivity index (χ1n) is 7.20. The number of aromatic nitrogens is 1. The molecule has 0 bridgehead atoms. The van der Waals surface area contributed by atoms with Crippen LogP contribution < -0.4 is 16.7 Å². The highest BCUT2D eigenvalue weighted by Gasteiger charge is 2.24. The van der Waals surface area contributed by atoms with Crippen LogP contribution >= 0.6 is 0 Å². The van der Waals surface area contributed by atoms with Gasteiger partial charge in [0, 0.05) is 0 Å². The van der Waals surface area contributed by atoms with Crippen LogP contribution in [0.5, 0.6) is 0 Å². The highest BCUT2D eigenvalue weighted by molar-refractivity contribution is 5.98. The van der Waals surface area contributed by atoms with Gasteiger partial charge in [-0.05, 0) is 26.8 Å². The number of nitrogen functional groups attached to an aromatic ring is 1. The molecule has 0 saturated carbocycles. The highest BCUT2D eigenvalue weighted by Crippen LogP contribution is 2.13. The molecule has 0 aliphatic carbocycles. The first-order valence-corrected chi connectivity index (χ1v) is 7.20. The van der Waals surface area contributed by atoms with Gasteiger partial charge in [0.05, 0.1) is 19.8 Å². The van der Waals surface area contributed by atoms with Gasteiger partial charge in [0.1, 0.15) is 16.9 Å². The second kappa shape index (κ2) is 8.56. The predicted molar refractivity (Wildman–Crippen MR) is 83.4 cm³/mol. The number of amides is 1. The van der Waals surface area contributed by atoms with Gasteiger partial charge in [0.15, 0.2) is 0 Å². The number of nitrogens with zero attached hydrogens (tertiary/aromatic N) is 1. The van der Waals surface area contributed by atoms with Crippen molar-refractivity contribution < 1.29 is 28.6 Å². The maximum absolute atomic E-state index is 12.3. The van der Waals surface area contributed by atoms with E-state index in [1.807, 2.05) is 0 Å². The molecule has 132 valence electrons. The van der Waals surface area contributed by atoms with E-state index in [0.717, 1.165) is 6.07 Å². The lowest BCUT2D eigenvalue weighted by Crippen LogP contribution is -2.39. The molecule has 0 radical (unpaired) electrons. The van der Waals surface area contributed by atoms with E-state index in [4.69, 9.17) is 15.2 Å². The van der Waals surface area contributed by atoms with Crippen LogP contribution in [0.2, 0.25) is 0 Å². The summed E-state index contributed by atoms with van der Waals surface area (Å²) < 4.78 is 14.8. The van der Waals surface area contributed by atoms with Crippen molar-refractivity contribution in [3.8, 4) is 0 Å². The molecule has 0 aromatic carbocycles. The highest BCUT2D eigenvalue weighted by atomic mass is 16.6. The number of ether oxygens (including phenoxy) is 3. The maximum atomic E-state index is 12.3. The minimum Gasteiger partial charge on any atom is -0.462 e.